The number of carbonyl (C=O) groups excluding carboxylic acids is 1. The lowest BCUT2D eigenvalue weighted by atomic mass is 10.1. The average molecular weight is 331 g/mol. The van der Waals surface area contributed by atoms with Crippen molar-refractivity contribution in [2.24, 2.45) is 0 Å². The summed E-state index contributed by atoms with van der Waals surface area (Å²) in [4.78, 5) is 11.8. The van der Waals surface area contributed by atoms with Crippen LogP contribution in [0.25, 0.3) is 0 Å². The van der Waals surface area contributed by atoms with Gasteiger partial charge < -0.3 is 15.4 Å². The predicted octanol–water partition coefficient (Wildman–Crippen LogP) is 3.87. The normalized spacial score (nSPS) is 12.1. The molecule has 2 N–H and O–H groups in total. The van der Waals surface area contributed by atoms with Crippen molar-refractivity contribution in [1.29, 1.82) is 0 Å². The molecule has 0 fully saturated rings. The highest BCUT2D eigenvalue weighted by Crippen LogP contribution is 2.15. The Kier molecular flexibility index (Phi) is 6.20. The summed E-state index contributed by atoms with van der Waals surface area (Å²) in [5.41, 5.74) is -0.239. The first-order valence-corrected chi connectivity index (χ1v) is 7.52. The second-order valence-electron chi connectivity index (χ2n) is 6.86. The number of amides is 1. The molecule has 0 aromatic heterocycles. The minimum Gasteiger partial charge on any atom is -0.444 e. The quantitative estimate of drug-likeness (QED) is 0.861. The van der Waals surface area contributed by atoms with Gasteiger partial charge in [-0.2, -0.15) is 0 Å². The third-order valence-corrected chi connectivity index (χ3v) is 3.03. The van der Waals surface area contributed by atoms with Gasteiger partial charge in [-0.05, 0) is 52.3 Å². The van der Waals surface area contributed by atoms with Crippen molar-refractivity contribution in [2.75, 3.05) is 6.54 Å². The van der Waals surface area contributed by atoms with Gasteiger partial charge in [0.1, 0.15) is 11.4 Å². The van der Waals surface area contributed by atoms with Crippen LogP contribution in [-0.4, -0.2) is 23.8 Å². The molecule has 0 aliphatic carbocycles. The molecule has 0 aliphatic heterocycles. The molecular formula is C16H24ClFN2O2. The zero-order valence-corrected chi connectivity index (χ0v) is 14.5. The fourth-order valence-electron chi connectivity index (χ4n) is 1.79. The zero-order valence-electron chi connectivity index (χ0n) is 13.7. The molecule has 0 radical (unpaired) electrons. The Hall–Kier alpha value is -1.33. The van der Waals surface area contributed by atoms with Crippen LogP contribution in [0, 0.1) is 5.82 Å². The van der Waals surface area contributed by atoms with Crippen LogP contribution in [0.4, 0.5) is 9.18 Å². The van der Waals surface area contributed by atoms with Gasteiger partial charge in [0.2, 0.25) is 0 Å². The Balaban J connectivity index is 2.45. The van der Waals surface area contributed by atoms with Crippen LogP contribution in [0.5, 0.6) is 0 Å². The molecule has 22 heavy (non-hydrogen) atoms. The number of alkyl carbamates (subject to hydrolysis) is 1. The molecule has 1 amide bonds. The Morgan fingerprint density at radius 3 is 2.45 bits per heavy atom. The summed E-state index contributed by atoms with van der Waals surface area (Å²) >= 11 is 5.64. The number of ether oxygens (including phenoxy) is 1. The van der Waals surface area contributed by atoms with Crippen LogP contribution in [-0.2, 0) is 11.3 Å². The van der Waals surface area contributed by atoms with Crippen molar-refractivity contribution in [2.45, 2.75) is 52.3 Å². The van der Waals surface area contributed by atoms with E-state index in [2.05, 4.69) is 10.6 Å². The maximum absolute atomic E-state index is 13.3. The van der Waals surface area contributed by atoms with E-state index in [9.17, 15) is 9.18 Å². The van der Waals surface area contributed by atoms with E-state index >= 15 is 0 Å². The van der Waals surface area contributed by atoms with Crippen LogP contribution < -0.4 is 10.6 Å². The van der Waals surface area contributed by atoms with Gasteiger partial charge >= 0.3 is 6.09 Å². The highest BCUT2D eigenvalue weighted by atomic mass is 35.5. The Morgan fingerprint density at radius 2 is 1.91 bits per heavy atom. The molecule has 0 saturated heterocycles. The van der Waals surface area contributed by atoms with Gasteiger partial charge in [-0.15, -0.1) is 0 Å². The number of nitrogens with one attached hydrogen (secondary N) is 2. The van der Waals surface area contributed by atoms with Gasteiger partial charge in [-0.25, -0.2) is 9.18 Å². The molecule has 1 aromatic carbocycles. The highest BCUT2D eigenvalue weighted by molar-refractivity contribution is 6.30. The van der Waals surface area contributed by atoms with Gasteiger partial charge in [0, 0.05) is 13.1 Å². The second kappa shape index (κ2) is 7.29. The second-order valence-corrected chi connectivity index (χ2v) is 7.27. The van der Waals surface area contributed by atoms with Crippen LogP contribution in [0.1, 0.15) is 40.2 Å². The summed E-state index contributed by atoms with van der Waals surface area (Å²) in [6, 6.07) is 4.67. The zero-order chi connectivity index (χ0) is 17.0. The molecule has 6 heteroatoms. The van der Waals surface area contributed by atoms with Gasteiger partial charge in [0.15, 0.2) is 0 Å². The number of halogens is 2. The van der Waals surface area contributed by atoms with Crippen LogP contribution in [0.15, 0.2) is 18.2 Å². The van der Waals surface area contributed by atoms with E-state index in [0.717, 1.165) is 5.56 Å². The summed E-state index contributed by atoms with van der Waals surface area (Å²) in [6.45, 7) is 10.2. The van der Waals surface area contributed by atoms with E-state index in [-0.39, 0.29) is 5.02 Å². The first kappa shape index (κ1) is 18.7. The summed E-state index contributed by atoms with van der Waals surface area (Å²) in [6.07, 6.45) is -0.461. The fourth-order valence-corrected chi connectivity index (χ4v) is 1.91. The standard InChI is InChI=1S/C16H24ClFN2O2/c1-15(2,3)22-14(21)20-16(4,5)10-19-9-11-6-7-12(17)13(18)8-11/h6-8,19H,9-10H2,1-5H3,(H,20,21). The maximum Gasteiger partial charge on any atom is 0.408 e. The average Bonchev–Trinajstić information content (AvgIpc) is 2.30. The molecular weight excluding hydrogens is 307 g/mol. The topological polar surface area (TPSA) is 50.4 Å². The van der Waals surface area contributed by atoms with Crippen molar-refractivity contribution in [3.8, 4) is 0 Å². The van der Waals surface area contributed by atoms with Gasteiger partial charge in [0.05, 0.1) is 10.6 Å². The molecule has 1 rings (SSSR count). The smallest absolute Gasteiger partial charge is 0.408 e. The van der Waals surface area contributed by atoms with E-state index in [0.29, 0.717) is 13.1 Å². The summed E-state index contributed by atoms with van der Waals surface area (Å²) in [5, 5.41) is 6.08. The largest absolute Gasteiger partial charge is 0.444 e. The third-order valence-electron chi connectivity index (χ3n) is 2.72. The van der Waals surface area contributed by atoms with E-state index < -0.39 is 23.1 Å². The Labute approximate surface area is 136 Å². The minimum atomic E-state index is -0.533. The van der Waals surface area contributed by atoms with E-state index in [1.54, 1.807) is 6.07 Å². The molecule has 4 nitrogen and oxygen atoms in total. The van der Waals surface area contributed by atoms with E-state index in [4.69, 9.17) is 16.3 Å². The van der Waals surface area contributed by atoms with Crippen molar-refractivity contribution in [3.05, 3.63) is 34.6 Å². The number of hydrogen-bond acceptors (Lipinski definition) is 3. The Bertz CT molecular complexity index is 527. The predicted molar refractivity (Wildman–Crippen MR) is 86.6 cm³/mol. The SMILES string of the molecule is CC(C)(CNCc1ccc(Cl)c(F)c1)NC(=O)OC(C)(C)C. The molecule has 0 aliphatic rings. The number of hydrogen-bond donors (Lipinski definition) is 2. The first-order chi connectivity index (χ1) is 9.98. The molecule has 0 heterocycles. The molecule has 0 saturated carbocycles. The Morgan fingerprint density at radius 1 is 1.27 bits per heavy atom. The first-order valence-electron chi connectivity index (χ1n) is 7.14. The summed E-state index contributed by atoms with van der Waals surface area (Å²) in [7, 11) is 0. The molecule has 124 valence electrons. The summed E-state index contributed by atoms with van der Waals surface area (Å²) < 4.78 is 18.6. The van der Waals surface area contributed by atoms with E-state index in [1.807, 2.05) is 34.6 Å². The maximum atomic E-state index is 13.3. The molecule has 0 bridgehead atoms. The van der Waals surface area contributed by atoms with Crippen LogP contribution >= 0.6 is 11.6 Å². The molecule has 0 spiro atoms. The number of carbonyl (C=O) groups is 1. The van der Waals surface area contributed by atoms with E-state index in [1.165, 1.54) is 12.1 Å². The lowest BCUT2D eigenvalue weighted by Crippen LogP contribution is -2.51. The van der Waals surface area contributed by atoms with Crippen LogP contribution in [0.3, 0.4) is 0 Å². The fraction of sp³-hybridized carbons (Fsp3) is 0.562. The van der Waals surface area contributed by atoms with Crippen LogP contribution in [0.2, 0.25) is 5.02 Å². The molecule has 0 unspecified atom stereocenters. The lowest BCUT2D eigenvalue weighted by molar-refractivity contribution is 0.0472. The van der Waals surface area contributed by atoms with Gasteiger partial charge in [-0.1, -0.05) is 17.7 Å². The lowest BCUT2D eigenvalue weighted by Gasteiger charge is -2.29. The minimum absolute atomic E-state index is 0.107. The van der Waals surface area contributed by atoms with Crippen molar-refractivity contribution in [1.82, 2.24) is 10.6 Å². The van der Waals surface area contributed by atoms with Crippen molar-refractivity contribution >= 4 is 17.7 Å². The van der Waals surface area contributed by atoms with Gasteiger partial charge in [-0.3, -0.25) is 0 Å². The van der Waals surface area contributed by atoms with Crippen molar-refractivity contribution < 1.29 is 13.9 Å². The number of benzene rings is 1. The third kappa shape index (κ3) is 7.09. The van der Waals surface area contributed by atoms with Gasteiger partial charge in [0.25, 0.3) is 0 Å². The molecule has 0 atom stereocenters. The highest BCUT2D eigenvalue weighted by Gasteiger charge is 2.24. The number of rotatable bonds is 5. The molecule has 1 aromatic rings. The summed E-state index contributed by atoms with van der Waals surface area (Å²) in [5.74, 6) is -0.438. The van der Waals surface area contributed by atoms with Crippen molar-refractivity contribution in [3.63, 3.8) is 0 Å². The monoisotopic (exact) mass is 330 g/mol.